The maximum absolute atomic E-state index is 10.4. The van der Waals surface area contributed by atoms with Gasteiger partial charge in [0.05, 0.1) is 4.90 Å². The second-order valence-electron chi connectivity index (χ2n) is 2.27. The smallest absolute Gasteiger partial charge is 0.124 e. The van der Waals surface area contributed by atoms with Crippen LogP contribution in [0, 0.1) is 11.9 Å². The monoisotopic (exact) mass is 376 g/mol. The summed E-state index contributed by atoms with van der Waals surface area (Å²) < 4.78 is 31.2. The van der Waals surface area contributed by atoms with Crippen molar-refractivity contribution in [2.45, 2.75) is 11.8 Å². The van der Waals surface area contributed by atoms with E-state index in [2.05, 4.69) is 4.93 Å². The predicted molar refractivity (Wildman–Crippen MR) is 58.5 cm³/mol. The molecule has 0 atom stereocenters. The van der Waals surface area contributed by atoms with Crippen molar-refractivity contribution in [1.29, 1.82) is 0 Å². The molecule has 0 aliphatic heterocycles. The number of hydrogen-bond donors (Lipinski definition) is 0. The van der Waals surface area contributed by atoms with Crippen LogP contribution in [-0.2, 0) is 29.6 Å². The second kappa shape index (κ2) is 7.73. The fourth-order valence-corrected chi connectivity index (χ4v) is 1.17. The molecule has 0 bridgehead atoms. The molecule has 6 heteroatoms. The van der Waals surface area contributed by atoms with Crippen molar-refractivity contribution in [1.82, 2.24) is 0 Å². The van der Waals surface area contributed by atoms with Gasteiger partial charge in [0.25, 0.3) is 0 Å². The first-order valence-electron chi connectivity index (χ1n) is 3.29. The number of aryl methyl sites for hydroxylation is 1. The molecule has 1 radical (unpaired) electrons. The Morgan fingerprint density at radius 3 is 1.86 bits per heavy atom. The minimum Gasteiger partial charge on any atom is -0.744 e. The number of rotatable bonds is 1. The zero-order valence-corrected chi connectivity index (χ0v) is 13.7. The van der Waals surface area contributed by atoms with Gasteiger partial charge in [-0.2, -0.15) is 0 Å². The van der Waals surface area contributed by atoms with Gasteiger partial charge in [-0.1, -0.05) is 40.3 Å². The van der Waals surface area contributed by atoms with E-state index in [1.165, 1.54) is 12.1 Å². The molecule has 0 fully saturated rings. The number of hydrogen-bond acceptors (Lipinski definition) is 3. The van der Waals surface area contributed by atoms with Crippen molar-refractivity contribution in [3.8, 4) is 0 Å². The van der Waals surface area contributed by atoms with Gasteiger partial charge >= 0.3 is 0 Å². The van der Waals surface area contributed by atoms with Crippen LogP contribution in [0.4, 0.5) is 0 Å². The maximum atomic E-state index is 10.4. The normalized spacial score (nSPS) is 9.43. The van der Waals surface area contributed by atoms with Gasteiger partial charge in [-0.3, -0.25) is 0 Å². The van der Waals surface area contributed by atoms with E-state index in [9.17, 15) is 13.0 Å². The van der Waals surface area contributed by atoms with E-state index < -0.39 is 10.1 Å². The average Bonchev–Trinajstić information content (AvgIpc) is 2.07. The molecule has 0 N–H and O–H groups in total. The molecule has 75 valence electrons. The first-order chi connectivity index (χ1) is 6.00. The molecule has 0 saturated heterocycles. The standard InChI is InChI=1S/C7H8O3S.CH2I.Zn/c1-6-2-4-7(5-3-6)11(8,9)10;1-2;/h2-5H,1H3,(H,8,9,10);1H2;/p-1. The summed E-state index contributed by atoms with van der Waals surface area (Å²) in [4.78, 5) is 3.04. The minimum atomic E-state index is -4.27. The van der Waals surface area contributed by atoms with E-state index in [-0.39, 0.29) is 24.4 Å². The van der Waals surface area contributed by atoms with Crippen LogP contribution in [0.15, 0.2) is 29.2 Å². The largest absolute Gasteiger partial charge is 0.744 e. The molecule has 1 aromatic rings. The molecule has 1 aromatic carbocycles. The molecule has 0 spiro atoms. The Morgan fingerprint density at radius 1 is 1.21 bits per heavy atom. The van der Waals surface area contributed by atoms with E-state index >= 15 is 0 Å². The van der Waals surface area contributed by atoms with Crippen LogP contribution in [0.25, 0.3) is 0 Å². The van der Waals surface area contributed by atoms with E-state index in [0.29, 0.717) is 0 Å². The van der Waals surface area contributed by atoms with Gasteiger partial charge < -0.3 is 4.55 Å². The van der Waals surface area contributed by atoms with Gasteiger partial charge in [-0.15, -0.1) is 0 Å². The number of benzene rings is 1. The SMILES string of the molecule is Cc1ccc(S(=O)(=O)[O-])cc1.[CH2]I.[Zn]. The van der Waals surface area contributed by atoms with Crippen molar-refractivity contribution in [2.75, 3.05) is 0 Å². The number of halogens is 1. The van der Waals surface area contributed by atoms with Crippen LogP contribution in [0.5, 0.6) is 0 Å². The van der Waals surface area contributed by atoms with E-state index in [1.54, 1.807) is 12.1 Å². The van der Waals surface area contributed by atoms with Crippen molar-refractivity contribution in [3.63, 3.8) is 0 Å². The van der Waals surface area contributed by atoms with Crippen molar-refractivity contribution < 1.29 is 32.4 Å². The Balaban J connectivity index is 0. The van der Waals surface area contributed by atoms with Crippen molar-refractivity contribution >= 4 is 32.7 Å². The van der Waals surface area contributed by atoms with E-state index in [0.717, 1.165) is 5.56 Å². The molecule has 0 heterocycles. The summed E-state index contributed by atoms with van der Waals surface area (Å²) in [6.45, 7) is 1.82. The van der Waals surface area contributed by atoms with Gasteiger partial charge in [0.15, 0.2) is 0 Å². The average molecular weight is 378 g/mol. The van der Waals surface area contributed by atoms with Gasteiger partial charge in [-0.25, -0.2) is 8.42 Å². The Kier molecular flexibility index (Phi) is 9.33. The van der Waals surface area contributed by atoms with E-state index in [4.69, 9.17) is 0 Å². The van der Waals surface area contributed by atoms with Gasteiger partial charge in [0.1, 0.15) is 10.1 Å². The van der Waals surface area contributed by atoms with Gasteiger partial charge in [0.2, 0.25) is 0 Å². The van der Waals surface area contributed by atoms with Gasteiger partial charge in [0, 0.05) is 24.4 Å². The van der Waals surface area contributed by atoms with Crippen LogP contribution in [0.1, 0.15) is 5.56 Å². The third-order valence-corrected chi connectivity index (χ3v) is 2.16. The maximum Gasteiger partial charge on any atom is 0.124 e. The molecule has 0 aromatic heterocycles. The van der Waals surface area contributed by atoms with Crippen molar-refractivity contribution in [2.24, 2.45) is 0 Å². The molecule has 0 unspecified atom stereocenters. The van der Waals surface area contributed by atoms with Gasteiger partial charge in [-0.05, 0) is 19.1 Å². The summed E-state index contributed by atoms with van der Waals surface area (Å²) in [5, 5.41) is 0. The topological polar surface area (TPSA) is 57.2 Å². The van der Waals surface area contributed by atoms with Crippen LogP contribution in [0.3, 0.4) is 0 Å². The van der Waals surface area contributed by atoms with Crippen LogP contribution in [0.2, 0.25) is 0 Å². The molecular weight excluding hydrogens is 368 g/mol. The summed E-state index contributed by atoms with van der Waals surface area (Å²) in [6, 6.07) is 5.78. The summed E-state index contributed by atoms with van der Waals surface area (Å²) in [5.41, 5.74) is 0.928. The second-order valence-corrected chi connectivity index (χ2v) is 3.65. The first kappa shape index (κ1) is 16.9. The quantitative estimate of drug-likeness (QED) is 0.428. The first-order valence-corrected chi connectivity index (χ1v) is 6.23. The third kappa shape index (κ3) is 6.06. The molecular formula is C8H9IO3SZn-. The minimum absolute atomic E-state index is 0. The van der Waals surface area contributed by atoms with Crippen LogP contribution in [-0.4, -0.2) is 13.0 Å². The Bertz CT molecular complexity index is 347. The molecule has 0 saturated carbocycles. The van der Waals surface area contributed by atoms with Crippen LogP contribution < -0.4 is 0 Å². The summed E-state index contributed by atoms with van der Waals surface area (Å²) in [7, 11) is -4.27. The molecule has 0 aliphatic rings. The van der Waals surface area contributed by atoms with Crippen molar-refractivity contribution in [3.05, 3.63) is 34.8 Å². The molecule has 3 nitrogen and oxygen atoms in total. The summed E-state index contributed by atoms with van der Waals surface area (Å²) >= 11 is 1.90. The van der Waals surface area contributed by atoms with E-state index in [1.807, 2.05) is 29.5 Å². The fourth-order valence-electron chi connectivity index (χ4n) is 0.705. The molecule has 0 amide bonds. The zero-order chi connectivity index (χ0) is 10.5. The van der Waals surface area contributed by atoms with Crippen LogP contribution >= 0.6 is 22.6 Å². The fraction of sp³-hybridized carbons (Fsp3) is 0.125. The third-order valence-electron chi connectivity index (χ3n) is 1.31. The molecule has 0 aliphatic carbocycles. The summed E-state index contributed by atoms with van der Waals surface area (Å²) in [5.74, 6) is 0. The predicted octanol–water partition coefficient (Wildman–Crippen LogP) is 2.11. The zero-order valence-electron chi connectivity index (χ0n) is 7.73. The molecule has 1 rings (SSSR count). The Labute approximate surface area is 111 Å². The Hall–Kier alpha value is 0.483. The summed E-state index contributed by atoms with van der Waals surface area (Å²) in [6.07, 6.45) is 0. The molecule has 14 heavy (non-hydrogen) atoms. The Morgan fingerprint density at radius 2 is 1.57 bits per heavy atom.